The summed E-state index contributed by atoms with van der Waals surface area (Å²) in [6.45, 7) is 1.41. The quantitative estimate of drug-likeness (QED) is 0.826. The lowest BCUT2D eigenvalue weighted by Crippen LogP contribution is -2.26. The summed E-state index contributed by atoms with van der Waals surface area (Å²) in [6.07, 6.45) is 5.48. The van der Waals surface area contributed by atoms with Gasteiger partial charge in [0.15, 0.2) is 5.79 Å². The van der Waals surface area contributed by atoms with E-state index in [0.717, 1.165) is 25.8 Å². The molecule has 1 saturated heterocycles. The van der Waals surface area contributed by atoms with Crippen molar-refractivity contribution in [3.05, 3.63) is 6.07 Å². The molecule has 1 aromatic rings. The smallest absolute Gasteiger partial charge is 0.236 e. The van der Waals surface area contributed by atoms with E-state index in [0.29, 0.717) is 18.4 Å². The van der Waals surface area contributed by atoms with Gasteiger partial charge in [0.2, 0.25) is 11.8 Å². The predicted octanol–water partition coefficient (Wildman–Crippen LogP) is 1.98. The van der Waals surface area contributed by atoms with Crippen LogP contribution in [0.1, 0.15) is 32.1 Å². The van der Waals surface area contributed by atoms with Gasteiger partial charge in [0.05, 0.1) is 33.0 Å². The molecular formula is C14H22N2O4. The maximum Gasteiger partial charge on any atom is 0.236 e. The Kier molecular flexibility index (Phi) is 3.85. The van der Waals surface area contributed by atoms with Gasteiger partial charge in [0, 0.05) is 19.4 Å². The number of ether oxygens (including phenoxy) is 4. The van der Waals surface area contributed by atoms with Crippen LogP contribution < -0.4 is 9.47 Å². The second kappa shape index (κ2) is 5.61. The van der Waals surface area contributed by atoms with E-state index in [4.69, 9.17) is 18.9 Å². The van der Waals surface area contributed by atoms with Crippen LogP contribution in [0, 0.1) is 0 Å². The average Bonchev–Trinajstić information content (AvgIpc) is 3.18. The maximum absolute atomic E-state index is 6.10. The molecule has 0 bridgehead atoms. The van der Waals surface area contributed by atoms with Crippen LogP contribution in [0.15, 0.2) is 6.07 Å². The molecule has 0 amide bonds. The van der Waals surface area contributed by atoms with Gasteiger partial charge < -0.3 is 18.9 Å². The fourth-order valence-corrected chi connectivity index (χ4v) is 3.00. The standard InChI is InChI=1S/C14H22N2O4/c1-17-12-9-13(18-2)16(15-12)8-5-11-10-19-14(20-11)6-3-4-7-14/h9,11H,3-8,10H2,1-2H3. The number of rotatable bonds is 5. The van der Waals surface area contributed by atoms with Crippen molar-refractivity contribution in [2.24, 2.45) is 0 Å². The summed E-state index contributed by atoms with van der Waals surface area (Å²) in [6, 6.07) is 1.78. The highest BCUT2D eigenvalue weighted by molar-refractivity contribution is 5.20. The first-order chi connectivity index (χ1) is 9.74. The van der Waals surface area contributed by atoms with Crippen molar-refractivity contribution in [1.29, 1.82) is 0 Å². The molecule has 1 saturated carbocycles. The molecule has 2 fully saturated rings. The lowest BCUT2D eigenvalue weighted by molar-refractivity contribution is -0.162. The first-order valence-electron chi connectivity index (χ1n) is 7.22. The van der Waals surface area contributed by atoms with Gasteiger partial charge in [-0.2, -0.15) is 0 Å². The zero-order chi connectivity index (χ0) is 14.0. The molecule has 20 heavy (non-hydrogen) atoms. The Balaban J connectivity index is 1.56. The predicted molar refractivity (Wildman–Crippen MR) is 72.0 cm³/mol. The third kappa shape index (κ3) is 2.62. The van der Waals surface area contributed by atoms with Crippen LogP contribution in [0.2, 0.25) is 0 Å². The molecule has 1 unspecified atom stereocenters. The largest absolute Gasteiger partial charge is 0.481 e. The first-order valence-corrected chi connectivity index (χ1v) is 7.22. The van der Waals surface area contributed by atoms with Crippen molar-refractivity contribution < 1.29 is 18.9 Å². The van der Waals surface area contributed by atoms with E-state index >= 15 is 0 Å². The third-order valence-electron chi connectivity index (χ3n) is 4.08. The second-order valence-electron chi connectivity index (χ2n) is 5.41. The molecule has 6 heteroatoms. The van der Waals surface area contributed by atoms with Gasteiger partial charge >= 0.3 is 0 Å². The fraction of sp³-hybridized carbons (Fsp3) is 0.786. The SMILES string of the molecule is COc1cc(OC)n(CCC2COC3(CCCC3)O2)n1. The average molecular weight is 282 g/mol. The van der Waals surface area contributed by atoms with E-state index < -0.39 is 0 Å². The van der Waals surface area contributed by atoms with Crippen LogP contribution in [0.3, 0.4) is 0 Å². The number of aryl methyl sites for hydroxylation is 1. The number of nitrogens with zero attached hydrogens (tertiary/aromatic N) is 2. The van der Waals surface area contributed by atoms with E-state index in [-0.39, 0.29) is 11.9 Å². The molecule has 6 nitrogen and oxygen atoms in total. The van der Waals surface area contributed by atoms with E-state index in [9.17, 15) is 0 Å². The van der Waals surface area contributed by atoms with E-state index in [1.54, 1.807) is 20.3 Å². The Hall–Kier alpha value is -1.27. The van der Waals surface area contributed by atoms with Crippen LogP contribution in [0.25, 0.3) is 0 Å². The van der Waals surface area contributed by atoms with Gasteiger partial charge in [-0.25, -0.2) is 4.68 Å². The molecule has 0 N–H and O–H groups in total. The Morgan fingerprint density at radius 2 is 2.15 bits per heavy atom. The van der Waals surface area contributed by atoms with Gasteiger partial charge in [0.1, 0.15) is 0 Å². The highest BCUT2D eigenvalue weighted by Gasteiger charge is 2.43. The van der Waals surface area contributed by atoms with Crippen LogP contribution >= 0.6 is 0 Å². The van der Waals surface area contributed by atoms with Crippen LogP contribution in [-0.2, 0) is 16.0 Å². The Labute approximate surface area is 118 Å². The molecule has 112 valence electrons. The van der Waals surface area contributed by atoms with E-state index in [1.165, 1.54) is 12.8 Å². The molecule has 1 aliphatic carbocycles. The van der Waals surface area contributed by atoms with Crippen molar-refractivity contribution >= 4 is 0 Å². The summed E-state index contributed by atoms with van der Waals surface area (Å²) < 4.78 is 24.2. The minimum atomic E-state index is -0.281. The molecule has 0 aromatic carbocycles. The second-order valence-corrected chi connectivity index (χ2v) is 5.41. The number of hydrogen-bond acceptors (Lipinski definition) is 5. The topological polar surface area (TPSA) is 54.7 Å². The van der Waals surface area contributed by atoms with Gasteiger partial charge in [0.25, 0.3) is 0 Å². The summed E-state index contributed by atoms with van der Waals surface area (Å²) in [5, 5.41) is 4.32. The molecule has 0 radical (unpaired) electrons. The Bertz CT molecular complexity index is 454. The summed E-state index contributed by atoms with van der Waals surface area (Å²) in [4.78, 5) is 0. The number of methoxy groups -OCH3 is 2. The van der Waals surface area contributed by atoms with Crippen molar-refractivity contribution in [2.75, 3.05) is 20.8 Å². The van der Waals surface area contributed by atoms with Gasteiger partial charge in [-0.3, -0.25) is 0 Å². The molecule has 2 aliphatic rings. The molecule has 1 spiro atoms. The third-order valence-corrected chi connectivity index (χ3v) is 4.08. The van der Waals surface area contributed by atoms with Gasteiger partial charge in [-0.1, -0.05) is 0 Å². The number of hydrogen-bond donors (Lipinski definition) is 0. The molecule has 1 aliphatic heterocycles. The van der Waals surface area contributed by atoms with E-state index in [1.807, 2.05) is 4.68 Å². The van der Waals surface area contributed by atoms with Gasteiger partial charge in [-0.15, -0.1) is 5.10 Å². The maximum atomic E-state index is 6.10. The fourth-order valence-electron chi connectivity index (χ4n) is 3.00. The van der Waals surface area contributed by atoms with E-state index in [2.05, 4.69) is 5.10 Å². The van der Waals surface area contributed by atoms with Crippen molar-refractivity contribution in [3.8, 4) is 11.8 Å². The summed E-state index contributed by atoms with van der Waals surface area (Å²) >= 11 is 0. The van der Waals surface area contributed by atoms with Crippen LogP contribution in [-0.4, -0.2) is 42.5 Å². The van der Waals surface area contributed by atoms with Crippen LogP contribution in [0.4, 0.5) is 0 Å². The minimum Gasteiger partial charge on any atom is -0.481 e. The summed E-state index contributed by atoms with van der Waals surface area (Å²) in [7, 11) is 3.24. The molecule has 1 aromatic heterocycles. The summed E-state index contributed by atoms with van der Waals surface area (Å²) in [5.74, 6) is 0.991. The van der Waals surface area contributed by atoms with Crippen LogP contribution in [0.5, 0.6) is 11.8 Å². The van der Waals surface area contributed by atoms with Crippen molar-refractivity contribution in [2.45, 2.75) is 50.5 Å². The summed E-state index contributed by atoms with van der Waals surface area (Å²) in [5.41, 5.74) is 0. The normalized spacial score (nSPS) is 24.4. The minimum absolute atomic E-state index is 0.146. The van der Waals surface area contributed by atoms with Crippen molar-refractivity contribution in [1.82, 2.24) is 9.78 Å². The highest BCUT2D eigenvalue weighted by atomic mass is 16.7. The zero-order valence-electron chi connectivity index (χ0n) is 12.1. The molecule has 3 rings (SSSR count). The lowest BCUT2D eigenvalue weighted by Gasteiger charge is -2.21. The number of aromatic nitrogens is 2. The first kappa shape index (κ1) is 13.7. The lowest BCUT2D eigenvalue weighted by atomic mass is 10.2. The van der Waals surface area contributed by atoms with Crippen molar-refractivity contribution in [3.63, 3.8) is 0 Å². The monoisotopic (exact) mass is 282 g/mol. The molecule has 1 atom stereocenters. The van der Waals surface area contributed by atoms with Gasteiger partial charge in [-0.05, 0) is 19.3 Å². The highest BCUT2D eigenvalue weighted by Crippen LogP contribution is 2.39. The Morgan fingerprint density at radius 1 is 1.35 bits per heavy atom. The molecule has 2 heterocycles. The Morgan fingerprint density at radius 3 is 2.85 bits per heavy atom. The molecular weight excluding hydrogens is 260 g/mol. The zero-order valence-corrected chi connectivity index (χ0v) is 12.1.